The molecule has 3 heteroatoms. The molecule has 3 nitrogen and oxygen atoms in total. The minimum absolute atomic E-state index is 0.214. The zero-order chi connectivity index (χ0) is 13.4. The van der Waals surface area contributed by atoms with Crippen molar-refractivity contribution in [3.8, 4) is 11.8 Å². The summed E-state index contributed by atoms with van der Waals surface area (Å²) in [6, 6.07) is 10.2. The highest BCUT2D eigenvalue weighted by Crippen LogP contribution is 2.22. The fraction of sp³-hybridized carbons (Fsp3) is 0.533. The Labute approximate surface area is 110 Å². The molecule has 0 heterocycles. The molecule has 1 aromatic rings. The molecule has 1 rings (SSSR count). The SMILES string of the molecule is CNc1ccc(OCCCCC(C)(C)C#N)cc1. The fourth-order valence-corrected chi connectivity index (χ4v) is 1.63. The van der Waals surface area contributed by atoms with Crippen LogP contribution in [0.5, 0.6) is 5.75 Å². The van der Waals surface area contributed by atoms with Crippen molar-refractivity contribution in [2.75, 3.05) is 19.0 Å². The van der Waals surface area contributed by atoms with E-state index < -0.39 is 0 Å². The second-order valence-electron chi connectivity index (χ2n) is 5.08. The summed E-state index contributed by atoms with van der Waals surface area (Å²) in [5.41, 5.74) is 0.868. The number of anilines is 1. The molecule has 0 aliphatic rings. The maximum absolute atomic E-state index is 8.89. The van der Waals surface area contributed by atoms with Crippen LogP contribution in [0.4, 0.5) is 5.69 Å². The highest BCUT2D eigenvalue weighted by atomic mass is 16.5. The smallest absolute Gasteiger partial charge is 0.119 e. The van der Waals surface area contributed by atoms with Gasteiger partial charge in [-0.05, 0) is 57.4 Å². The van der Waals surface area contributed by atoms with E-state index in [1.807, 2.05) is 45.2 Å². The zero-order valence-electron chi connectivity index (χ0n) is 11.5. The first-order chi connectivity index (χ1) is 8.57. The predicted octanol–water partition coefficient (Wildman–Crippen LogP) is 3.83. The van der Waals surface area contributed by atoms with E-state index in [-0.39, 0.29) is 5.41 Å². The number of hydrogen-bond acceptors (Lipinski definition) is 3. The summed E-state index contributed by atoms with van der Waals surface area (Å²) in [7, 11) is 1.90. The third kappa shape index (κ3) is 5.09. The average molecular weight is 246 g/mol. The molecule has 0 atom stereocenters. The standard InChI is InChI=1S/C15H22N2O/c1-15(2,12-16)10-4-5-11-18-14-8-6-13(17-3)7-9-14/h6-9,17H,4-5,10-11H2,1-3H3. The van der Waals surface area contributed by atoms with Crippen LogP contribution in [0.1, 0.15) is 33.1 Å². The number of unbranched alkanes of at least 4 members (excludes halogenated alkanes) is 1. The first-order valence-corrected chi connectivity index (χ1v) is 6.39. The van der Waals surface area contributed by atoms with E-state index in [4.69, 9.17) is 10.00 Å². The lowest BCUT2D eigenvalue weighted by molar-refractivity contribution is 0.295. The Morgan fingerprint density at radius 1 is 1.22 bits per heavy atom. The van der Waals surface area contributed by atoms with Crippen LogP contribution in [0, 0.1) is 16.7 Å². The molecule has 0 fully saturated rings. The van der Waals surface area contributed by atoms with Crippen LogP contribution in [0.2, 0.25) is 0 Å². The van der Waals surface area contributed by atoms with Crippen LogP contribution in [-0.2, 0) is 0 Å². The van der Waals surface area contributed by atoms with Crippen LogP contribution < -0.4 is 10.1 Å². The summed E-state index contributed by atoms with van der Waals surface area (Å²) in [5, 5.41) is 12.0. The van der Waals surface area contributed by atoms with E-state index in [0.29, 0.717) is 6.61 Å². The lowest BCUT2D eigenvalue weighted by Crippen LogP contribution is -2.08. The van der Waals surface area contributed by atoms with Gasteiger partial charge in [0, 0.05) is 12.7 Å². The van der Waals surface area contributed by atoms with Crippen molar-refractivity contribution >= 4 is 5.69 Å². The molecule has 1 N–H and O–H groups in total. The quantitative estimate of drug-likeness (QED) is 0.744. The molecule has 0 aliphatic heterocycles. The van der Waals surface area contributed by atoms with Gasteiger partial charge in [-0.25, -0.2) is 0 Å². The zero-order valence-corrected chi connectivity index (χ0v) is 11.5. The molecule has 0 saturated heterocycles. The third-order valence-electron chi connectivity index (χ3n) is 2.91. The van der Waals surface area contributed by atoms with Gasteiger partial charge in [0.2, 0.25) is 0 Å². The topological polar surface area (TPSA) is 45.0 Å². The fourth-order valence-electron chi connectivity index (χ4n) is 1.63. The monoisotopic (exact) mass is 246 g/mol. The Kier molecular flexibility index (Phi) is 5.51. The Balaban J connectivity index is 2.20. The van der Waals surface area contributed by atoms with Crippen LogP contribution in [-0.4, -0.2) is 13.7 Å². The van der Waals surface area contributed by atoms with Crippen molar-refractivity contribution in [2.24, 2.45) is 5.41 Å². The molecule has 0 unspecified atom stereocenters. The first kappa shape index (κ1) is 14.4. The molecular formula is C15H22N2O. The van der Waals surface area contributed by atoms with Crippen LogP contribution in [0.3, 0.4) is 0 Å². The Morgan fingerprint density at radius 2 is 1.89 bits per heavy atom. The van der Waals surface area contributed by atoms with Gasteiger partial charge in [-0.15, -0.1) is 0 Å². The van der Waals surface area contributed by atoms with Gasteiger partial charge in [0.15, 0.2) is 0 Å². The van der Waals surface area contributed by atoms with Crippen molar-refractivity contribution in [1.82, 2.24) is 0 Å². The molecule has 0 bridgehead atoms. The van der Waals surface area contributed by atoms with E-state index in [9.17, 15) is 0 Å². The normalized spacial score (nSPS) is 10.8. The van der Waals surface area contributed by atoms with Gasteiger partial charge in [-0.2, -0.15) is 5.26 Å². The molecule has 18 heavy (non-hydrogen) atoms. The summed E-state index contributed by atoms with van der Waals surface area (Å²) in [5.74, 6) is 0.897. The molecule has 0 radical (unpaired) electrons. The second-order valence-corrected chi connectivity index (χ2v) is 5.08. The van der Waals surface area contributed by atoms with Crippen LogP contribution in [0.15, 0.2) is 24.3 Å². The Bertz CT molecular complexity index is 390. The van der Waals surface area contributed by atoms with Crippen LogP contribution >= 0.6 is 0 Å². The molecule has 0 saturated carbocycles. The van der Waals surface area contributed by atoms with Crippen molar-refractivity contribution in [3.63, 3.8) is 0 Å². The molecular weight excluding hydrogens is 224 g/mol. The maximum Gasteiger partial charge on any atom is 0.119 e. The second kappa shape index (κ2) is 6.90. The highest BCUT2D eigenvalue weighted by Gasteiger charge is 2.15. The van der Waals surface area contributed by atoms with E-state index in [2.05, 4.69) is 11.4 Å². The van der Waals surface area contributed by atoms with Crippen molar-refractivity contribution in [1.29, 1.82) is 5.26 Å². The lowest BCUT2D eigenvalue weighted by atomic mass is 9.89. The van der Waals surface area contributed by atoms with E-state index in [1.165, 1.54) is 0 Å². The summed E-state index contributed by atoms with van der Waals surface area (Å²) < 4.78 is 5.64. The Hall–Kier alpha value is -1.69. The van der Waals surface area contributed by atoms with Gasteiger partial charge < -0.3 is 10.1 Å². The summed E-state index contributed by atoms with van der Waals surface area (Å²) >= 11 is 0. The molecule has 1 aromatic carbocycles. The van der Waals surface area contributed by atoms with Crippen molar-refractivity contribution in [2.45, 2.75) is 33.1 Å². The molecule has 98 valence electrons. The van der Waals surface area contributed by atoms with Gasteiger partial charge in [-0.3, -0.25) is 0 Å². The van der Waals surface area contributed by atoms with E-state index in [1.54, 1.807) is 0 Å². The van der Waals surface area contributed by atoms with Gasteiger partial charge in [0.25, 0.3) is 0 Å². The third-order valence-corrected chi connectivity index (χ3v) is 2.91. The van der Waals surface area contributed by atoms with Gasteiger partial charge in [0.1, 0.15) is 5.75 Å². The number of benzene rings is 1. The van der Waals surface area contributed by atoms with Crippen molar-refractivity contribution < 1.29 is 4.74 Å². The number of nitrogens with one attached hydrogen (secondary N) is 1. The summed E-state index contributed by atoms with van der Waals surface area (Å²) in [6.07, 6.45) is 2.93. The number of ether oxygens (including phenoxy) is 1. The minimum Gasteiger partial charge on any atom is -0.494 e. The molecule has 0 aromatic heterocycles. The van der Waals surface area contributed by atoms with Gasteiger partial charge in [-0.1, -0.05) is 0 Å². The minimum atomic E-state index is -0.214. The molecule has 0 amide bonds. The largest absolute Gasteiger partial charge is 0.494 e. The maximum atomic E-state index is 8.89. The molecule has 0 aliphatic carbocycles. The average Bonchev–Trinajstić information content (AvgIpc) is 2.39. The number of nitriles is 1. The van der Waals surface area contributed by atoms with Gasteiger partial charge >= 0.3 is 0 Å². The van der Waals surface area contributed by atoms with Crippen LogP contribution in [0.25, 0.3) is 0 Å². The summed E-state index contributed by atoms with van der Waals surface area (Å²) in [4.78, 5) is 0. The Morgan fingerprint density at radius 3 is 2.44 bits per heavy atom. The number of rotatable bonds is 7. The van der Waals surface area contributed by atoms with Gasteiger partial charge in [0.05, 0.1) is 18.1 Å². The highest BCUT2D eigenvalue weighted by molar-refractivity contribution is 5.45. The van der Waals surface area contributed by atoms with E-state index in [0.717, 1.165) is 30.7 Å². The first-order valence-electron chi connectivity index (χ1n) is 6.39. The van der Waals surface area contributed by atoms with Crippen molar-refractivity contribution in [3.05, 3.63) is 24.3 Å². The lowest BCUT2D eigenvalue weighted by Gasteiger charge is -2.14. The number of hydrogen-bond donors (Lipinski definition) is 1. The van der Waals surface area contributed by atoms with E-state index >= 15 is 0 Å². The molecule has 0 spiro atoms. The number of nitrogens with zero attached hydrogens (tertiary/aromatic N) is 1. The predicted molar refractivity (Wildman–Crippen MR) is 74.7 cm³/mol. The summed E-state index contributed by atoms with van der Waals surface area (Å²) in [6.45, 7) is 4.66.